The van der Waals surface area contributed by atoms with Gasteiger partial charge in [-0.15, -0.1) is 0 Å². The van der Waals surface area contributed by atoms with Gasteiger partial charge in [0.15, 0.2) is 4.77 Å². The summed E-state index contributed by atoms with van der Waals surface area (Å²) < 4.78 is 14.8. The molecule has 108 valence electrons. The minimum atomic E-state index is -0.519. The first kappa shape index (κ1) is 13.7. The van der Waals surface area contributed by atoms with Crippen molar-refractivity contribution in [3.8, 4) is 5.88 Å². The Morgan fingerprint density at radius 1 is 1.48 bits per heavy atom. The van der Waals surface area contributed by atoms with Gasteiger partial charge in [-0.25, -0.2) is 4.39 Å². The summed E-state index contributed by atoms with van der Waals surface area (Å²) in [4.78, 5) is 18.4. The molecule has 2 N–H and O–H groups in total. The van der Waals surface area contributed by atoms with Crippen LogP contribution in [0, 0.1) is 10.6 Å². The molecule has 1 fully saturated rings. The topological polar surface area (TPSA) is 70.4 Å². The van der Waals surface area contributed by atoms with Gasteiger partial charge in [-0.3, -0.25) is 19.3 Å². The van der Waals surface area contributed by atoms with Crippen molar-refractivity contribution in [2.45, 2.75) is 18.9 Å². The summed E-state index contributed by atoms with van der Waals surface area (Å²) in [5.74, 6) is -0.622. The van der Waals surface area contributed by atoms with Gasteiger partial charge in [0.2, 0.25) is 5.88 Å². The summed E-state index contributed by atoms with van der Waals surface area (Å²) in [5.41, 5.74) is -0.150. The van der Waals surface area contributed by atoms with Crippen molar-refractivity contribution < 1.29 is 9.50 Å². The van der Waals surface area contributed by atoms with E-state index < -0.39 is 11.4 Å². The number of nitrogens with zero attached hydrogens (tertiary/aromatic N) is 2. The Kier molecular flexibility index (Phi) is 3.42. The summed E-state index contributed by atoms with van der Waals surface area (Å²) in [6, 6.07) is 5.77. The first-order valence-corrected chi connectivity index (χ1v) is 6.84. The number of hydrogen-bond donors (Lipinski definition) is 2. The fraction of sp³-hybridized carbons (Fsp3) is 0.214. The molecule has 1 aliphatic carbocycles. The van der Waals surface area contributed by atoms with Crippen LogP contribution < -0.4 is 5.56 Å². The molecule has 5 nitrogen and oxygen atoms in total. The second kappa shape index (κ2) is 5.25. The monoisotopic (exact) mass is 305 g/mol. The Hall–Kier alpha value is -2.28. The Labute approximate surface area is 124 Å². The molecule has 3 rings (SSSR count). The molecule has 0 amide bonds. The molecule has 1 aromatic carbocycles. The van der Waals surface area contributed by atoms with Crippen molar-refractivity contribution in [3.63, 3.8) is 0 Å². The molecule has 1 heterocycles. The molecular weight excluding hydrogens is 293 g/mol. The van der Waals surface area contributed by atoms with Crippen molar-refractivity contribution in [2.24, 2.45) is 4.99 Å². The van der Waals surface area contributed by atoms with Gasteiger partial charge in [-0.05, 0) is 43.3 Å². The maximum Gasteiger partial charge on any atom is 0.264 e. The fourth-order valence-electron chi connectivity index (χ4n) is 2.04. The molecule has 1 aliphatic rings. The summed E-state index contributed by atoms with van der Waals surface area (Å²) in [6.07, 6.45) is 3.04. The molecule has 0 spiro atoms. The van der Waals surface area contributed by atoms with Crippen molar-refractivity contribution in [1.82, 2.24) is 9.55 Å². The smallest absolute Gasteiger partial charge is 0.264 e. The molecule has 1 saturated carbocycles. The number of H-pyrrole nitrogens is 1. The third kappa shape index (κ3) is 2.78. The first-order valence-electron chi connectivity index (χ1n) is 6.43. The lowest BCUT2D eigenvalue weighted by Gasteiger charge is -2.09. The zero-order valence-electron chi connectivity index (χ0n) is 10.9. The van der Waals surface area contributed by atoms with E-state index in [1.54, 1.807) is 6.07 Å². The van der Waals surface area contributed by atoms with E-state index in [4.69, 9.17) is 12.2 Å². The van der Waals surface area contributed by atoms with E-state index in [9.17, 15) is 14.3 Å². The Bertz CT molecular complexity index is 837. The number of nitrogens with one attached hydrogen (secondary N) is 1. The highest BCUT2D eigenvalue weighted by molar-refractivity contribution is 7.71. The molecule has 0 radical (unpaired) electrons. The Balaban J connectivity index is 2.04. The molecule has 7 heteroatoms. The summed E-state index contributed by atoms with van der Waals surface area (Å²) in [7, 11) is 0. The van der Waals surface area contributed by atoms with Crippen LogP contribution in [0.3, 0.4) is 0 Å². The van der Waals surface area contributed by atoms with Crippen LogP contribution in [0.25, 0.3) is 0 Å². The Morgan fingerprint density at radius 3 is 2.90 bits per heavy atom. The molecule has 0 saturated heterocycles. The van der Waals surface area contributed by atoms with Crippen LogP contribution in [0.1, 0.15) is 24.4 Å². The van der Waals surface area contributed by atoms with Crippen LogP contribution in [-0.4, -0.2) is 20.9 Å². The summed E-state index contributed by atoms with van der Waals surface area (Å²) in [6.45, 7) is 0. The van der Waals surface area contributed by atoms with Gasteiger partial charge in [0, 0.05) is 12.3 Å². The van der Waals surface area contributed by atoms with Crippen LogP contribution in [-0.2, 0) is 0 Å². The number of aromatic amines is 1. The van der Waals surface area contributed by atoms with Gasteiger partial charge in [-0.1, -0.05) is 6.07 Å². The van der Waals surface area contributed by atoms with E-state index >= 15 is 0 Å². The third-order valence-corrected chi connectivity index (χ3v) is 3.51. The number of aromatic nitrogens is 2. The SMILES string of the molecule is O=c1[nH]c(=S)n(C2CC2)c(O)c1C=Nc1cccc(F)c1. The zero-order chi connectivity index (χ0) is 15.0. The molecule has 2 aromatic rings. The maximum atomic E-state index is 13.1. The summed E-state index contributed by atoms with van der Waals surface area (Å²) in [5, 5.41) is 10.2. The fourth-order valence-corrected chi connectivity index (χ4v) is 2.36. The van der Waals surface area contributed by atoms with Gasteiger partial charge in [0.1, 0.15) is 11.4 Å². The van der Waals surface area contributed by atoms with E-state index in [1.807, 2.05) is 0 Å². The average Bonchev–Trinajstić information content (AvgIpc) is 3.22. The van der Waals surface area contributed by atoms with E-state index in [0.717, 1.165) is 12.8 Å². The summed E-state index contributed by atoms with van der Waals surface area (Å²) >= 11 is 5.05. The highest BCUT2D eigenvalue weighted by Gasteiger charge is 2.27. The van der Waals surface area contributed by atoms with Crippen LogP contribution in [0.5, 0.6) is 5.88 Å². The highest BCUT2D eigenvalue weighted by atomic mass is 32.1. The van der Waals surface area contributed by atoms with E-state index in [-0.39, 0.29) is 22.3 Å². The van der Waals surface area contributed by atoms with Crippen LogP contribution in [0.4, 0.5) is 10.1 Å². The lowest BCUT2D eigenvalue weighted by molar-refractivity contribution is 0.405. The average molecular weight is 305 g/mol. The third-order valence-electron chi connectivity index (χ3n) is 3.22. The number of rotatable bonds is 3. The molecule has 1 aromatic heterocycles. The van der Waals surface area contributed by atoms with Crippen molar-refractivity contribution in [3.05, 3.63) is 50.8 Å². The van der Waals surface area contributed by atoms with Crippen LogP contribution in [0.2, 0.25) is 0 Å². The first-order chi connectivity index (χ1) is 10.1. The molecule has 0 atom stereocenters. The largest absolute Gasteiger partial charge is 0.494 e. The Morgan fingerprint density at radius 2 is 2.24 bits per heavy atom. The minimum Gasteiger partial charge on any atom is -0.494 e. The number of halogens is 1. The van der Waals surface area contributed by atoms with Gasteiger partial charge in [0.05, 0.1) is 5.69 Å². The normalized spacial score (nSPS) is 14.7. The quantitative estimate of drug-likeness (QED) is 0.676. The van der Waals surface area contributed by atoms with Crippen molar-refractivity contribution >= 4 is 24.1 Å². The van der Waals surface area contributed by atoms with Crippen molar-refractivity contribution in [2.75, 3.05) is 0 Å². The zero-order valence-corrected chi connectivity index (χ0v) is 11.7. The van der Waals surface area contributed by atoms with E-state index in [1.165, 1.54) is 29.0 Å². The molecular formula is C14H12FN3O2S. The van der Waals surface area contributed by atoms with E-state index in [2.05, 4.69) is 9.98 Å². The van der Waals surface area contributed by atoms with Gasteiger partial charge in [-0.2, -0.15) is 0 Å². The van der Waals surface area contributed by atoms with Crippen molar-refractivity contribution in [1.29, 1.82) is 0 Å². The lowest BCUT2D eigenvalue weighted by atomic mass is 10.3. The van der Waals surface area contributed by atoms with Crippen LogP contribution >= 0.6 is 12.2 Å². The second-order valence-electron chi connectivity index (χ2n) is 4.84. The maximum absolute atomic E-state index is 13.1. The highest BCUT2D eigenvalue weighted by Crippen LogP contribution is 2.37. The van der Waals surface area contributed by atoms with Gasteiger partial charge < -0.3 is 5.11 Å². The molecule has 0 aliphatic heterocycles. The number of aromatic hydroxyl groups is 1. The predicted octanol–water partition coefficient (Wildman–Crippen LogP) is 2.84. The molecule has 0 unspecified atom stereocenters. The number of hydrogen-bond acceptors (Lipinski definition) is 4. The number of aliphatic imine (C=N–C) groups is 1. The predicted molar refractivity (Wildman–Crippen MR) is 79.5 cm³/mol. The second-order valence-corrected chi connectivity index (χ2v) is 5.22. The van der Waals surface area contributed by atoms with Gasteiger partial charge in [0.25, 0.3) is 5.56 Å². The number of benzene rings is 1. The van der Waals surface area contributed by atoms with Gasteiger partial charge >= 0.3 is 0 Å². The van der Waals surface area contributed by atoms with Crippen LogP contribution in [0.15, 0.2) is 34.1 Å². The van der Waals surface area contributed by atoms with E-state index in [0.29, 0.717) is 5.69 Å². The lowest BCUT2D eigenvalue weighted by Crippen LogP contribution is -2.18. The molecule has 21 heavy (non-hydrogen) atoms. The molecule has 0 bridgehead atoms. The standard InChI is InChI=1S/C14H12FN3O2S/c15-8-2-1-3-9(6-8)16-7-11-12(19)17-14(21)18(13(11)20)10-4-5-10/h1-3,6-7,10,20H,4-5H2,(H,17,19,21). The minimum absolute atomic E-state index is 0.0137.